The van der Waals surface area contributed by atoms with Gasteiger partial charge in [0.2, 0.25) is 0 Å². The summed E-state index contributed by atoms with van der Waals surface area (Å²) in [6.07, 6.45) is 0.984. The van der Waals surface area contributed by atoms with Crippen molar-refractivity contribution in [2.45, 2.75) is 26.3 Å². The molecule has 0 aliphatic heterocycles. The maximum Gasteiger partial charge on any atom is 0.124 e. The van der Waals surface area contributed by atoms with Crippen molar-refractivity contribution in [2.75, 3.05) is 5.32 Å². The Morgan fingerprint density at radius 2 is 1.80 bits per heavy atom. The summed E-state index contributed by atoms with van der Waals surface area (Å²) in [6.45, 7) is 4.37. The molecule has 1 nitrogen and oxygen atoms in total. The summed E-state index contributed by atoms with van der Waals surface area (Å²) in [7, 11) is 0. The molecule has 0 saturated carbocycles. The van der Waals surface area contributed by atoms with Crippen LogP contribution in [0.3, 0.4) is 0 Å². The zero-order valence-electron chi connectivity index (χ0n) is 11.7. The molecule has 0 aliphatic rings. The van der Waals surface area contributed by atoms with Gasteiger partial charge in [-0.15, -0.1) is 0 Å². The molecule has 3 heteroatoms. The van der Waals surface area contributed by atoms with Gasteiger partial charge in [0.25, 0.3) is 0 Å². The monoisotopic (exact) mass is 291 g/mol. The fraction of sp³-hybridized carbons (Fsp3) is 0.294. The summed E-state index contributed by atoms with van der Waals surface area (Å²) in [5.41, 5.74) is 1.98. The Morgan fingerprint density at radius 3 is 2.40 bits per heavy atom. The van der Waals surface area contributed by atoms with Gasteiger partial charge in [0.1, 0.15) is 5.82 Å². The van der Waals surface area contributed by atoms with Crippen molar-refractivity contribution in [1.29, 1.82) is 0 Å². The van der Waals surface area contributed by atoms with E-state index in [1.165, 1.54) is 17.7 Å². The minimum atomic E-state index is -0.319. The first kappa shape index (κ1) is 14.9. The number of halogens is 2. The molecule has 0 bridgehead atoms. The maximum absolute atomic E-state index is 13.1. The van der Waals surface area contributed by atoms with Crippen LogP contribution >= 0.6 is 11.6 Å². The van der Waals surface area contributed by atoms with Crippen LogP contribution in [0.15, 0.2) is 48.5 Å². The van der Waals surface area contributed by atoms with Gasteiger partial charge < -0.3 is 5.32 Å². The molecule has 0 spiro atoms. The smallest absolute Gasteiger partial charge is 0.124 e. The second-order valence-corrected chi connectivity index (χ2v) is 5.77. The molecule has 1 N–H and O–H groups in total. The largest absolute Gasteiger partial charge is 0.377 e. The fourth-order valence-corrected chi connectivity index (χ4v) is 2.45. The van der Waals surface area contributed by atoms with Crippen LogP contribution in [0.4, 0.5) is 10.1 Å². The zero-order chi connectivity index (χ0) is 14.5. The van der Waals surface area contributed by atoms with Crippen LogP contribution in [0.2, 0.25) is 5.02 Å². The van der Waals surface area contributed by atoms with Gasteiger partial charge in [-0.1, -0.05) is 55.8 Å². The van der Waals surface area contributed by atoms with E-state index in [0.717, 1.165) is 12.1 Å². The Labute approximate surface area is 124 Å². The molecule has 0 fully saturated rings. The lowest BCUT2D eigenvalue weighted by Crippen LogP contribution is -2.13. The van der Waals surface area contributed by atoms with Crippen molar-refractivity contribution in [2.24, 2.45) is 5.92 Å². The molecule has 0 saturated heterocycles. The van der Waals surface area contributed by atoms with E-state index in [4.69, 9.17) is 11.6 Å². The predicted molar refractivity (Wildman–Crippen MR) is 83.7 cm³/mol. The lowest BCUT2D eigenvalue weighted by molar-refractivity contribution is 0.531. The van der Waals surface area contributed by atoms with Crippen LogP contribution in [0.5, 0.6) is 0 Å². The molecule has 0 heterocycles. The Hall–Kier alpha value is -1.54. The molecule has 0 aromatic heterocycles. The number of hydrogen-bond donors (Lipinski definition) is 1. The normalized spacial score (nSPS) is 12.4. The lowest BCUT2D eigenvalue weighted by atomic mass is 9.97. The van der Waals surface area contributed by atoms with Crippen LogP contribution < -0.4 is 5.32 Å². The van der Waals surface area contributed by atoms with Crippen molar-refractivity contribution in [1.82, 2.24) is 0 Å². The van der Waals surface area contributed by atoms with E-state index in [9.17, 15) is 4.39 Å². The Bertz CT molecular complexity index is 554. The fourth-order valence-electron chi connectivity index (χ4n) is 2.23. The Kier molecular flexibility index (Phi) is 5.02. The summed E-state index contributed by atoms with van der Waals surface area (Å²) in [4.78, 5) is 0. The SMILES string of the molecule is CC(C)CC(Nc1ccc(F)cc1Cl)c1ccccc1. The van der Waals surface area contributed by atoms with Crippen molar-refractivity contribution in [3.63, 3.8) is 0 Å². The van der Waals surface area contributed by atoms with E-state index < -0.39 is 0 Å². The minimum Gasteiger partial charge on any atom is -0.377 e. The third-order valence-corrected chi connectivity index (χ3v) is 3.48. The third-order valence-electron chi connectivity index (χ3n) is 3.17. The molecular weight excluding hydrogens is 273 g/mol. The third kappa shape index (κ3) is 3.97. The van der Waals surface area contributed by atoms with Gasteiger partial charge in [0.15, 0.2) is 0 Å². The Balaban J connectivity index is 2.24. The first-order valence-electron chi connectivity index (χ1n) is 6.83. The topological polar surface area (TPSA) is 12.0 Å². The molecular formula is C17H19ClFN. The molecule has 0 radical (unpaired) electrons. The van der Waals surface area contributed by atoms with Crippen LogP contribution in [0.1, 0.15) is 31.9 Å². The van der Waals surface area contributed by atoms with Crippen molar-refractivity contribution in [3.05, 3.63) is 64.9 Å². The average molecular weight is 292 g/mol. The van der Waals surface area contributed by atoms with Crippen molar-refractivity contribution >= 4 is 17.3 Å². The van der Waals surface area contributed by atoms with Gasteiger partial charge in [0.05, 0.1) is 16.8 Å². The molecule has 0 amide bonds. The van der Waals surface area contributed by atoms with E-state index in [1.807, 2.05) is 18.2 Å². The highest BCUT2D eigenvalue weighted by Gasteiger charge is 2.14. The molecule has 0 aliphatic carbocycles. The molecule has 1 unspecified atom stereocenters. The molecule has 2 aromatic rings. The summed E-state index contributed by atoms with van der Waals surface area (Å²) in [5.74, 6) is 0.229. The highest BCUT2D eigenvalue weighted by Crippen LogP contribution is 2.30. The van der Waals surface area contributed by atoms with Gasteiger partial charge in [0, 0.05) is 0 Å². The van der Waals surface area contributed by atoms with E-state index in [1.54, 1.807) is 6.07 Å². The predicted octanol–water partition coefficient (Wildman–Crippen LogP) is 5.68. The number of rotatable bonds is 5. The Morgan fingerprint density at radius 1 is 1.10 bits per heavy atom. The summed E-state index contributed by atoms with van der Waals surface area (Å²) >= 11 is 6.10. The second-order valence-electron chi connectivity index (χ2n) is 5.36. The van der Waals surface area contributed by atoms with Crippen LogP contribution in [0.25, 0.3) is 0 Å². The van der Waals surface area contributed by atoms with Gasteiger partial charge in [-0.2, -0.15) is 0 Å². The van der Waals surface area contributed by atoms with Crippen LogP contribution in [-0.4, -0.2) is 0 Å². The highest BCUT2D eigenvalue weighted by molar-refractivity contribution is 6.33. The van der Waals surface area contributed by atoms with E-state index >= 15 is 0 Å². The van der Waals surface area contributed by atoms with Crippen molar-refractivity contribution < 1.29 is 4.39 Å². The van der Waals surface area contributed by atoms with Crippen molar-refractivity contribution in [3.8, 4) is 0 Å². The lowest BCUT2D eigenvalue weighted by Gasteiger charge is -2.23. The standard InChI is InChI=1S/C17H19ClFN/c1-12(2)10-17(13-6-4-3-5-7-13)20-16-9-8-14(19)11-15(16)18/h3-9,11-12,17,20H,10H2,1-2H3. The minimum absolute atomic E-state index is 0.166. The van der Waals surface area contributed by atoms with Gasteiger partial charge in [-0.05, 0) is 36.1 Å². The van der Waals surface area contributed by atoms with E-state index in [2.05, 4.69) is 31.3 Å². The molecule has 1 atom stereocenters. The van der Waals surface area contributed by atoms with Gasteiger partial charge >= 0.3 is 0 Å². The first-order chi connectivity index (χ1) is 9.56. The maximum atomic E-state index is 13.1. The molecule has 2 rings (SSSR count). The first-order valence-corrected chi connectivity index (χ1v) is 7.20. The van der Waals surface area contributed by atoms with Crippen LogP contribution in [0, 0.1) is 11.7 Å². The van der Waals surface area contributed by atoms with Crippen LogP contribution in [-0.2, 0) is 0 Å². The summed E-state index contributed by atoms with van der Waals surface area (Å²) in [5, 5.41) is 3.84. The average Bonchev–Trinajstić information content (AvgIpc) is 2.41. The summed E-state index contributed by atoms with van der Waals surface area (Å²) in [6, 6.07) is 14.9. The van der Waals surface area contributed by atoms with Gasteiger partial charge in [-0.25, -0.2) is 4.39 Å². The summed E-state index contributed by atoms with van der Waals surface area (Å²) < 4.78 is 13.1. The zero-order valence-corrected chi connectivity index (χ0v) is 12.5. The second kappa shape index (κ2) is 6.76. The molecule has 20 heavy (non-hydrogen) atoms. The number of anilines is 1. The van der Waals surface area contributed by atoms with Gasteiger partial charge in [-0.3, -0.25) is 0 Å². The van der Waals surface area contributed by atoms with E-state index in [-0.39, 0.29) is 11.9 Å². The number of nitrogens with one attached hydrogen (secondary N) is 1. The number of hydrogen-bond acceptors (Lipinski definition) is 1. The number of benzene rings is 2. The highest BCUT2D eigenvalue weighted by atomic mass is 35.5. The molecule has 2 aromatic carbocycles. The molecule has 106 valence electrons. The van der Waals surface area contributed by atoms with E-state index in [0.29, 0.717) is 10.9 Å². The quantitative estimate of drug-likeness (QED) is 0.747.